The molecular weight excluding hydrogens is 272 g/mol. The summed E-state index contributed by atoms with van der Waals surface area (Å²) in [6.07, 6.45) is 6.42. The number of carboxylic acid groups (broad SMARTS) is 1. The Morgan fingerprint density at radius 2 is 2.14 bits per heavy atom. The van der Waals surface area contributed by atoms with E-state index in [1.54, 1.807) is 4.90 Å². The highest BCUT2D eigenvalue weighted by molar-refractivity contribution is 5.93. The maximum absolute atomic E-state index is 12.6. The molecule has 1 saturated heterocycles. The number of likely N-dealkylation sites (tertiary alicyclic amines) is 1. The van der Waals surface area contributed by atoms with Crippen LogP contribution in [0, 0.1) is 5.41 Å². The Morgan fingerprint density at radius 1 is 1.33 bits per heavy atom. The Kier molecular flexibility index (Phi) is 2.65. The van der Waals surface area contributed by atoms with Gasteiger partial charge in [0.05, 0.1) is 5.41 Å². The molecule has 0 bridgehead atoms. The smallest absolute Gasteiger partial charge is 0.311 e. The van der Waals surface area contributed by atoms with Crippen molar-refractivity contribution in [3.8, 4) is 0 Å². The van der Waals surface area contributed by atoms with Gasteiger partial charge in [0.25, 0.3) is 5.91 Å². The quantitative estimate of drug-likeness (QED) is 0.920. The van der Waals surface area contributed by atoms with Gasteiger partial charge in [-0.25, -0.2) is 4.98 Å². The molecule has 1 N–H and O–H groups in total. The van der Waals surface area contributed by atoms with Crippen molar-refractivity contribution < 1.29 is 19.1 Å². The first-order valence-electron chi connectivity index (χ1n) is 7.61. The van der Waals surface area contributed by atoms with Crippen molar-refractivity contribution in [2.75, 3.05) is 6.54 Å². The van der Waals surface area contributed by atoms with Crippen LogP contribution < -0.4 is 0 Å². The average Bonchev–Trinajstić information content (AvgIpc) is 2.91. The van der Waals surface area contributed by atoms with Crippen molar-refractivity contribution >= 4 is 11.9 Å². The number of nitrogens with zero attached hydrogens (tertiary/aromatic N) is 2. The van der Waals surface area contributed by atoms with Crippen LogP contribution in [0.2, 0.25) is 0 Å². The standard InChI is InChI=1S/C15H18N2O4/c18-13(10-8-21-12(16-10)9-3-4-9)17-7-6-15(14(19)20)5-1-2-11(15)17/h8-9,11H,1-7H2,(H,19,20)/t11-,15+/m1/s1. The largest absolute Gasteiger partial charge is 0.481 e. The second kappa shape index (κ2) is 4.32. The van der Waals surface area contributed by atoms with Gasteiger partial charge >= 0.3 is 5.97 Å². The van der Waals surface area contributed by atoms with Gasteiger partial charge in [-0.15, -0.1) is 0 Å². The minimum Gasteiger partial charge on any atom is -0.481 e. The van der Waals surface area contributed by atoms with Crippen LogP contribution >= 0.6 is 0 Å². The van der Waals surface area contributed by atoms with Crippen LogP contribution in [0.4, 0.5) is 0 Å². The van der Waals surface area contributed by atoms with E-state index in [-0.39, 0.29) is 11.9 Å². The number of amides is 1. The van der Waals surface area contributed by atoms with Gasteiger partial charge in [-0.3, -0.25) is 9.59 Å². The second-order valence-electron chi connectivity index (χ2n) is 6.46. The van der Waals surface area contributed by atoms with Gasteiger partial charge in [-0.2, -0.15) is 0 Å². The van der Waals surface area contributed by atoms with Gasteiger partial charge in [0, 0.05) is 18.5 Å². The van der Waals surface area contributed by atoms with E-state index in [0.29, 0.717) is 36.9 Å². The van der Waals surface area contributed by atoms with E-state index in [1.807, 2.05) is 0 Å². The molecule has 112 valence electrons. The number of aliphatic carboxylic acids is 1. The predicted molar refractivity (Wildman–Crippen MR) is 71.8 cm³/mol. The van der Waals surface area contributed by atoms with E-state index in [2.05, 4.69) is 4.98 Å². The predicted octanol–water partition coefficient (Wildman–Crippen LogP) is 2.02. The summed E-state index contributed by atoms with van der Waals surface area (Å²) in [5.41, 5.74) is -0.413. The topological polar surface area (TPSA) is 83.6 Å². The number of carbonyl (C=O) groups is 2. The number of carboxylic acids is 1. The van der Waals surface area contributed by atoms with Crippen LogP contribution in [-0.4, -0.2) is 39.5 Å². The molecule has 1 aromatic rings. The van der Waals surface area contributed by atoms with Crippen molar-refractivity contribution in [1.82, 2.24) is 9.88 Å². The molecule has 6 heteroatoms. The first-order chi connectivity index (χ1) is 10.1. The number of fused-ring (bicyclic) bond motifs is 1. The molecule has 1 amide bonds. The summed E-state index contributed by atoms with van der Waals surface area (Å²) in [6.45, 7) is 0.501. The Labute approximate surface area is 122 Å². The fraction of sp³-hybridized carbons (Fsp3) is 0.667. The van der Waals surface area contributed by atoms with E-state index >= 15 is 0 Å². The van der Waals surface area contributed by atoms with Crippen LogP contribution in [-0.2, 0) is 4.79 Å². The van der Waals surface area contributed by atoms with Gasteiger partial charge in [0.15, 0.2) is 11.6 Å². The lowest BCUT2D eigenvalue weighted by Gasteiger charge is -2.28. The third kappa shape index (κ3) is 1.81. The summed E-state index contributed by atoms with van der Waals surface area (Å²) in [6, 6.07) is -0.191. The van der Waals surface area contributed by atoms with Crippen LogP contribution in [0.15, 0.2) is 10.7 Å². The van der Waals surface area contributed by atoms with Crippen molar-refractivity contribution in [1.29, 1.82) is 0 Å². The summed E-state index contributed by atoms with van der Waals surface area (Å²) >= 11 is 0. The van der Waals surface area contributed by atoms with E-state index in [0.717, 1.165) is 25.7 Å². The molecule has 1 aliphatic heterocycles. The van der Waals surface area contributed by atoms with Crippen LogP contribution in [0.5, 0.6) is 0 Å². The SMILES string of the molecule is O=C(c1coc(C2CC2)n1)N1CC[C@@]2(C(=O)O)CCC[C@@H]12. The van der Waals surface area contributed by atoms with Crippen LogP contribution in [0.25, 0.3) is 0 Å². The highest BCUT2D eigenvalue weighted by atomic mass is 16.4. The molecular formula is C15H18N2O4. The van der Waals surface area contributed by atoms with E-state index < -0.39 is 11.4 Å². The molecule has 2 saturated carbocycles. The molecule has 4 rings (SSSR count). The number of aromatic nitrogens is 1. The zero-order valence-electron chi connectivity index (χ0n) is 11.7. The van der Waals surface area contributed by atoms with Crippen LogP contribution in [0.1, 0.15) is 60.8 Å². The number of carbonyl (C=O) groups excluding carboxylic acids is 1. The fourth-order valence-electron chi connectivity index (χ4n) is 3.93. The lowest BCUT2D eigenvalue weighted by atomic mass is 9.82. The number of hydrogen-bond acceptors (Lipinski definition) is 4. The third-order valence-electron chi connectivity index (χ3n) is 5.27. The first-order valence-corrected chi connectivity index (χ1v) is 7.61. The van der Waals surface area contributed by atoms with Crippen molar-refractivity contribution in [2.45, 2.75) is 50.5 Å². The Balaban J connectivity index is 1.58. The number of oxazole rings is 1. The molecule has 0 unspecified atom stereocenters. The van der Waals surface area contributed by atoms with Crippen molar-refractivity contribution in [3.63, 3.8) is 0 Å². The lowest BCUT2D eigenvalue weighted by molar-refractivity contribution is -0.149. The van der Waals surface area contributed by atoms with Crippen molar-refractivity contribution in [2.24, 2.45) is 5.41 Å². The third-order valence-corrected chi connectivity index (χ3v) is 5.27. The number of hydrogen-bond donors (Lipinski definition) is 1. The number of rotatable bonds is 3. The molecule has 2 atom stereocenters. The highest BCUT2D eigenvalue weighted by Gasteiger charge is 2.57. The second-order valence-corrected chi connectivity index (χ2v) is 6.46. The Hall–Kier alpha value is -1.85. The summed E-state index contributed by atoms with van der Waals surface area (Å²) in [4.78, 5) is 30.3. The van der Waals surface area contributed by atoms with Gasteiger partial charge < -0.3 is 14.4 Å². The highest BCUT2D eigenvalue weighted by Crippen LogP contribution is 2.49. The Morgan fingerprint density at radius 3 is 2.86 bits per heavy atom. The van der Waals surface area contributed by atoms with E-state index in [4.69, 9.17) is 4.42 Å². The van der Waals surface area contributed by atoms with Gasteiger partial charge in [-0.1, -0.05) is 6.42 Å². The zero-order chi connectivity index (χ0) is 14.6. The van der Waals surface area contributed by atoms with Crippen molar-refractivity contribution in [3.05, 3.63) is 17.8 Å². The molecule has 3 aliphatic rings. The minimum absolute atomic E-state index is 0.180. The van der Waals surface area contributed by atoms with Gasteiger partial charge in [-0.05, 0) is 32.1 Å². The monoisotopic (exact) mass is 290 g/mol. The van der Waals surface area contributed by atoms with E-state index in [9.17, 15) is 14.7 Å². The summed E-state index contributed by atoms with van der Waals surface area (Å²) in [7, 11) is 0. The Bertz CT molecular complexity index is 607. The average molecular weight is 290 g/mol. The molecule has 21 heavy (non-hydrogen) atoms. The van der Waals surface area contributed by atoms with Gasteiger partial charge in [0.1, 0.15) is 6.26 Å². The first kappa shape index (κ1) is 12.9. The molecule has 0 spiro atoms. The minimum atomic E-state index is -0.765. The molecule has 2 heterocycles. The fourth-order valence-corrected chi connectivity index (χ4v) is 3.93. The maximum atomic E-state index is 12.6. The molecule has 3 fully saturated rings. The summed E-state index contributed by atoms with van der Waals surface area (Å²) in [5.74, 6) is 0.0722. The zero-order valence-corrected chi connectivity index (χ0v) is 11.7. The van der Waals surface area contributed by atoms with Crippen LogP contribution in [0.3, 0.4) is 0 Å². The van der Waals surface area contributed by atoms with E-state index in [1.165, 1.54) is 6.26 Å². The lowest BCUT2D eigenvalue weighted by Crippen LogP contribution is -2.43. The molecule has 6 nitrogen and oxygen atoms in total. The molecule has 2 aliphatic carbocycles. The maximum Gasteiger partial charge on any atom is 0.311 e. The normalized spacial score (nSPS) is 31.4. The molecule has 0 radical (unpaired) electrons. The molecule has 1 aromatic heterocycles. The van der Waals surface area contributed by atoms with Gasteiger partial charge in [0.2, 0.25) is 0 Å². The summed E-state index contributed by atoms with van der Waals surface area (Å²) in [5, 5.41) is 9.56. The molecule has 0 aromatic carbocycles. The summed E-state index contributed by atoms with van der Waals surface area (Å²) < 4.78 is 5.38.